The first-order valence-electron chi connectivity index (χ1n) is 21.9. The predicted octanol–water partition coefficient (Wildman–Crippen LogP) is 8.88. The van der Waals surface area contributed by atoms with Crippen LogP contribution in [-0.4, -0.2) is 39.5 Å². The molecule has 0 radical (unpaired) electrons. The van der Waals surface area contributed by atoms with Gasteiger partial charge in [-0.25, -0.2) is 0 Å². The van der Waals surface area contributed by atoms with Crippen LogP contribution < -0.4 is 10.7 Å². The molecule has 6 aromatic rings. The van der Waals surface area contributed by atoms with Crippen LogP contribution in [0.2, 0.25) is 0 Å². The van der Waals surface area contributed by atoms with Crippen molar-refractivity contribution in [2.45, 2.75) is 74.4 Å². The summed E-state index contributed by atoms with van der Waals surface area (Å²) in [5, 5.41) is 2.22. The molecule has 12 rings (SSSR count). The van der Waals surface area contributed by atoms with Gasteiger partial charge in [0.1, 0.15) is 0 Å². The van der Waals surface area contributed by atoms with Crippen molar-refractivity contribution in [2.24, 2.45) is 0 Å². The van der Waals surface area contributed by atoms with Crippen molar-refractivity contribution < 1.29 is 23.5 Å². The van der Waals surface area contributed by atoms with Crippen LogP contribution >= 0.6 is 7.60 Å². The van der Waals surface area contributed by atoms with E-state index in [1.807, 2.05) is 24.3 Å². The molecule has 0 fully saturated rings. The molecule has 0 aliphatic carbocycles. The lowest BCUT2D eigenvalue weighted by Crippen LogP contribution is -2.71. The summed E-state index contributed by atoms with van der Waals surface area (Å²) in [5.41, 5.74) is 28.2. The molecule has 1 atom stereocenters. The van der Waals surface area contributed by atoms with Crippen molar-refractivity contribution in [2.75, 3.05) is 0 Å². The second-order valence-electron chi connectivity index (χ2n) is 18.7. The number of aromatic nitrogens is 2. The molecule has 8 heteroatoms. The second-order valence-corrected chi connectivity index (χ2v) is 20.3. The summed E-state index contributed by atoms with van der Waals surface area (Å²) in [6.45, 7) is 20.1. The number of allylic oxidation sites excluding steroid dienone is 4. The number of nitrogens with zero attached hydrogens (tertiary/aromatic N) is 4. The summed E-state index contributed by atoms with van der Waals surface area (Å²) >= 11 is 0. The van der Waals surface area contributed by atoms with Crippen LogP contribution in [0.5, 0.6) is 0 Å². The fourth-order valence-electron chi connectivity index (χ4n) is 12.5. The molecule has 2 N–H and O–H groups in total. The molecule has 0 saturated carbocycles. The standard InChI is InChI=1S/C55H47N4O3P/c1-29-22-32(4)48(33(5)23-29)52-42-16-14-40-51(39-12-10-38(11-13-39)28-63(60,61)62)41-15-17-43-53(49-34(6)24-30(2)25-35(49)7)45-19-21-47-54(50-36(8)26-31(3)27-37(50)9)46-20-18-44(52)58(46)55(56(40)42,57(41)43)59(45)47/h10-27H,28H2,1-9H3/p+2. The van der Waals surface area contributed by atoms with E-state index in [1.165, 1.54) is 106 Å². The molecule has 6 aliphatic rings. The maximum atomic E-state index is 12.1. The molecule has 0 amide bonds. The Morgan fingerprint density at radius 3 is 1.32 bits per heavy atom. The summed E-state index contributed by atoms with van der Waals surface area (Å²) in [6.07, 6.45) is 9.06. The molecule has 7 nitrogen and oxygen atoms in total. The Kier molecular flexibility index (Phi) is 7.68. The Bertz CT molecular complexity index is 3530. The third kappa shape index (κ3) is 4.90. The first kappa shape index (κ1) is 38.3. The van der Waals surface area contributed by atoms with Gasteiger partial charge in [0, 0.05) is 24.3 Å². The molecule has 6 aliphatic heterocycles. The topological polar surface area (TPSA) is 73.4 Å². The van der Waals surface area contributed by atoms with Crippen LogP contribution in [0.3, 0.4) is 0 Å². The van der Waals surface area contributed by atoms with Gasteiger partial charge in [0.15, 0.2) is 0 Å². The quantitative estimate of drug-likeness (QED) is 0.130. The highest BCUT2D eigenvalue weighted by atomic mass is 31.2. The van der Waals surface area contributed by atoms with E-state index in [0.717, 1.165) is 33.2 Å². The van der Waals surface area contributed by atoms with Crippen molar-refractivity contribution in [1.82, 2.24) is 9.13 Å². The predicted molar refractivity (Wildman–Crippen MR) is 252 cm³/mol. The van der Waals surface area contributed by atoms with Gasteiger partial charge in [-0.05, 0) is 148 Å². The largest absolute Gasteiger partial charge is 0.553 e. The Hall–Kier alpha value is -6.37. The van der Waals surface area contributed by atoms with Gasteiger partial charge in [-0.15, -0.1) is 0 Å². The minimum Gasteiger partial charge on any atom is -0.324 e. The van der Waals surface area contributed by atoms with E-state index in [4.69, 9.17) is 0 Å². The first-order chi connectivity index (χ1) is 30.1. The molecule has 2 aromatic heterocycles. The zero-order chi connectivity index (χ0) is 43.8. The molecule has 63 heavy (non-hydrogen) atoms. The number of aryl methyl sites for hydroxylation is 9. The SMILES string of the molecule is Cc1cc(C)c(C2=C3C=CC4=[N+]3C35n6c2ccc6C(c2c(C)cc(C)cc2C)=C2C=CC(=[N+]23)C(c2c(C)cc(C)cc2C)=c2ccc(n25)=C4c2ccc(CP(=O)(O)O)cc2)c(C)c1. The third-order valence-corrected chi connectivity index (χ3v) is 15.0. The highest BCUT2D eigenvalue weighted by molar-refractivity contribution is 7.50. The Morgan fingerprint density at radius 1 is 0.492 bits per heavy atom. The molecule has 0 bridgehead atoms. The van der Waals surface area contributed by atoms with Crippen molar-refractivity contribution >= 4 is 41.3 Å². The van der Waals surface area contributed by atoms with E-state index in [2.05, 4.69) is 166 Å². The lowest BCUT2D eigenvalue weighted by Gasteiger charge is -2.41. The van der Waals surface area contributed by atoms with Crippen molar-refractivity contribution in [3.8, 4) is 0 Å². The maximum Gasteiger partial charge on any atom is 0.553 e. The molecule has 0 saturated heterocycles. The van der Waals surface area contributed by atoms with Gasteiger partial charge in [-0.2, -0.15) is 9.13 Å². The minimum atomic E-state index is -4.25. The van der Waals surface area contributed by atoms with Crippen molar-refractivity contribution in [1.29, 1.82) is 0 Å². The lowest BCUT2D eigenvalue weighted by molar-refractivity contribution is -0.834. The molecule has 8 heterocycles. The summed E-state index contributed by atoms with van der Waals surface area (Å²) in [7, 11) is -4.25. The van der Waals surface area contributed by atoms with E-state index in [9.17, 15) is 14.4 Å². The zero-order valence-electron chi connectivity index (χ0n) is 37.1. The number of hydrogen-bond donors (Lipinski definition) is 2. The Morgan fingerprint density at radius 2 is 0.889 bits per heavy atom. The van der Waals surface area contributed by atoms with Crippen LogP contribution in [0.1, 0.15) is 89.3 Å². The fourth-order valence-corrected chi connectivity index (χ4v) is 13.2. The highest BCUT2D eigenvalue weighted by Crippen LogP contribution is 2.54. The second kappa shape index (κ2) is 12.6. The molecule has 1 spiro atoms. The first-order valence-corrected chi connectivity index (χ1v) is 23.7. The van der Waals surface area contributed by atoms with Crippen LogP contribution in [0, 0.1) is 62.3 Å². The van der Waals surface area contributed by atoms with Crippen LogP contribution in [-0.2, 0) is 16.6 Å². The molecule has 310 valence electrons. The average molecular weight is 845 g/mol. The van der Waals surface area contributed by atoms with Gasteiger partial charge in [-0.1, -0.05) is 86.5 Å². The fraction of sp³-hybridized carbons (Fsp3) is 0.200. The number of rotatable bonds is 6. The monoisotopic (exact) mass is 844 g/mol. The lowest BCUT2D eigenvalue weighted by atomic mass is 9.87. The smallest absolute Gasteiger partial charge is 0.324 e. The van der Waals surface area contributed by atoms with Crippen LogP contribution in [0.25, 0.3) is 22.3 Å². The van der Waals surface area contributed by atoms with Gasteiger partial charge in [0.2, 0.25) is 22.8 Å². The van der Waals surface area contributed by atoms with Crippen LogP contribution in [0.15, 0.2) is 121 Å². The van der Waals surface area contributed by atoms with Crippen molar-refractivity contribution in [3.63, 3.8) is 0 Å². The molecular formula is C55H49N4O3P+2. The van der Waals surface area contributed by atoms with Gasteiger partial charge in [0.25, 0.3) is 0 Å². The summed E-state index contributed by atoms with van der Waals surface area (Å²) in [5.74, 6) is -0.920. The normalized spacial score (nSPS) is 18.8. The molecular weight excluding hydrogens is 796 g/mol. The Labute approximate surface area is 367 Å². The van der Waals surface area contributed by atoms with Gasteiger partial charge in [0.05, 0.1) is 50.5 Å². The van der Waals surface area contributed by atoms with Gasteiger partial charge < -0.3 is 9.79 Å². The average Bonchev–Trinajstić information content (AvgIpc) is 4.01. The molecule has 4 aromatic carbocycles. The summed E-state index contributed by atoms with van der Waals surface area (Å²) < 4.78 is 22.6. The molecule has 1 unspecified atom stereocenters. The van der Waals surface area contributed by atoms with Crippen molar-refractivity contribution in [3.05, 3.63) is 221 Å². The van der Waals surface area contributed by atoms with Gasteiger partial charge >= 0.3 is 13.5 Å². The Balaban J connectivity index is 1.31. The maximum absolute atomic E-state index is 12.1. The van der Waals surface area contributed by atoms with E-state index in [1.54, 1.807) is 0 Å². The summed E-state index contributed by atoms with van der Waals surface area (Å²) in [4.78, 5) is 19.8. The van der Waals surface area contributed by atoms with E-state index < -0.39 is 13.5 Å². The highest BCUT2D eigenvalue weighted by Gasteiger charge is 2.73. The van der Waals surface area contributed by atoms with Crippen LogP contribution in [0.4, 0.5) is 0 Å². The van der Waals surface area contributed by atoms with E-state index in [-0.39, 0.29) is 6.16 Å². The third-order valence-electron chi connectivity index (χ3n) is 14.2. The van der Waals surface area contributed by atoms with Gasteiger partial charge in [-0.3, -0.25) is 4.57 Å². The number of hydrogen-bond acceptors (Lipinski definition) is 1. The minimum absolute atomic E-state index is 0.301. The zero-order valence-corrected chi connectivity index (χ0v) is 38.0. The number of benzene rings is 4. The van der Waals surface area contributed by atoms with E-state index in [0.29, 0.717) is 5.56 Å². The summed E-state index contributed by atoms with van der Waals surface area (Å²) in [6, 6.07) is 31.1. The van der Waals surface area contributed by atoms with E-state index >= 15 is 0 Å².